The summed E-state index contributed by atoms with van der Waals surface area (Å²) in [6, 6.07) is 21.4. The van der Waals surface area contributed by atoms with Crippen molar-refractivity contribution in [3.05, 3.63) is 77.9 Å². The molecule has 0 atom stereocenters. The number of aryl methyl sites for hydroxylation is 1. The molecule has 160 valence electrons. The predicted octanol–water partition coefficient (Wildman–Crippen LogP) is 8.61. The van der Waals surface area contributed by atoms with Crippen LogP contribution in [-0.4, -0.2) is 6.61 Å². The third-order valence-electron chi connectivity index (χ3n) is 5.23. The molecule has 0 unspecified atom stereocenters. The number of hydrogen-bond acceptors (Lipinski definition) is 2. The van der Waals surface area contributed by atoms with Gasteiger partial charge in [0.2, 0.25) is 0 Å². The zero-order valence-corrected chi connectivity index (χ0v) is 18.2. The van der Waals surface area contributed by atoms with E-state index in [1.165, 1.54) is 11.6 Å². The average molecular weight is 441 g/mol. The number of rotatable bonds is 6. The molecule has 0 saturated carbocycles. The Morgan fingerprint density at radius 2 is 1.42 bits per heavy atom. The number of alkyl halides is 3. The van der Waals surface area contributed by atoms with Crippen LogP contribution in [0.1, 0.15) is 31.4 Å². The number of thiophene rings is 1. The molecule has 4 rings (SSSR count). The lowest BCUT2D eigenvalue weighted by atomic mass is 10.0. The van der Waals surface area contributed by atoms with Crippen molar-refractivity contribution in [2.45, 2.75) is 32.9 Å². The van der Waals surface area contributed by atoms with Gasteiger partial charge in [-0.1, -0.05) is 61.9 Å². The van der Waals surface area contributed by atoms with Gasteiger partial charge in [-0.05, 0) is 59.2 Å². The topological polar surface area (TPSA) is 9.23 Å². The Kier molecular flexibility index (Phi) is 6.05. The molecule has 4 aromatic rings. The maximum atomic E-state index is 13.8. The second-order valence-corrected chi connectivity index (χ2v) is 8.47. The first kappa shape index (κ1) is 21.4. The highest BCUT2D eigenvalue weighted by atomic mass is 32.1. The fraction of sp³-hybridized carbons (Fsp3) is 0.231. The van der Waals surface area contributed by atoms with Gasteiger partial charge in [-0.2, -0.15) is 13.2 Å². The molecule has 1 aromatic heterocycles. The van der Waals surface area contributed by atoms with Crippen molar-refractivity contribution < 1.29 is 17.9 Å². The summed E-state index contributed by atoms with van der Waals surface area (Å²) in [6.07, 6.45) is -2.29. The van der Waals surface area contributed by atoms with Crippen molar-refractivity contribution in [3.8, 4) is 27.3 Å². The normalized spacial score (nSPS) is 11.8. The van der Waals surface area contributed by atoms with Gasteiger partial charge in [0.1, 0.15) is 11.3 Å². The zero-order valence-electron chi connectivity index (χ0n) is 17.4. The highest BCUT2D eigenvalue weighted by molar-refractivity contribution is 7.22. The molecule has 0 fully saturated rings. The van der Waals surface area contributed by atoms with E-state index in [0.717, 1.165) is 45.7 Å². The van der Waals surface area contributed by atoms with Gasteiger partial charge in [-0.15, -0.1) is 11.3 Å². The van der Waals surface area contributed by atoms with Crippen molar-refractivity contribution >= 4 is 21.4 Å². The molecule has 0 aliphatic carbocycles. The Bertz CT molecular complexity index is 1170. The van der Waals surface area contributed by atoms with Gasteiger partial charge >= 0.3 is 6.18 Å². The molecule has 0 bridgehead atoms. The van der Waals surface area contributed by atoms with Crippen LogP contribution in [-0.2, 0) is 12.6 Å². The van der Waals surface area contributed by atoms with Crippen LogP contribution in [0.25, 0.3) is 31.7 Å². The lowest BCUT2D eigenvalue weighted by Gasteiger charge is -2.13. The fourth-order valence-corrected chi connectivity index (χ4v) is 4.97. The van der Waals surface area contributed by atoms with E-state index in [1.54, 1.807) is 13.0 Å². The Morgan fingerprint density at radius 3 is 2.00 bits per heavy atom. The van der Waals surface area contributed by atoms with E-state index in [-0.39, 0.29) is 17.1 Å². The molecule has 31 heavy (non-hydrogen) atoms. The molecule has 5 heteroatoms. The molecule has 0 spiro atoms. The van der Waals surface area contributed by atoms with E-state index in [0.29, 0.717) is 5.39 Å². The Hall–Kier alpha value is -2.79. The van der Waals surface area contributed by atoms with E-state index < -0.39 is 11.7 Å². The van der Waals surface area contributed by atoms with Crippen LogP contribution in [0.3, 0.4) is 0 Å². The highest BCUT2D eigenvalue weighted by Crippen LogP contribution is 2.46. The van der Waals surface area contributed by atoms with E-state index in [9.17, 15) is 13.2 Å². The quantitative estimate of drug-likeness (QED) is 0.292. The van der Waals surface area contributed by atoms with E-state index in [1.807, 2.05) is 30.3 Å². The third kappa shape index (κ3) is 4.47. The van der Waals surface area contributed by atoms with Gasteiger partial charge in [-0.25, -0.2) is 0 Å². The van der Waals surface area contributed by atoms with Gasteiger partial charge in [0.25, 0.3) is 0 Å². The molecule has 0 N–H and O–H groups in total. The summed E-state index contributed by atoms with van der Waals surface area (Å²) in [7, 11) is 0. The summed E-state index contributed by atoms with van der Waals surface area (Å²) in [5, 5.41) is 0.575. The summed E-state index contributed by atoms with van der Waals surface area (Å²) in [4.78, 5) is 0.805. The third-order valence-corrected chi connectivity index (χ3v) is 6.44. The Balaban J connectivity index is 1.69. The number of hydrogen-bond donors (Lipinski definition) is 0. The van der Waals surface area contributed by atoms with E-state index in [2.05, 4.69) is 31.2 Å². The van der Waals surface area contributed by atoms with Crippen molar-refractivity contribution in [3.63, 3.8) is 0 Å². The van der Waals surface area contributed by atoms with Gasteiger partial charge < -0.3 is 4.74 Å². The van der Waals surface area contributed by atoms with Crippen LogP contribution in [0.5, 0.6) is 5.75 Å². The van der Waals surface area contributed by atoms with Crippen LogP contribution in [0.2, 0.25) is 0 Å². The molecular formula is C26H23F3OS. The number of benzene rings is 3. The molecule has 0 aliphatic heterocycles. The summed E-state index contributed by atoms with van der Waals surface area (Å²) >= 11 is 1.15. The van der Waals surface area contributed by atoms with E-state index >= 15 is 0 Å². The fourth-order valence-electron chi connectivity index (χ4n) is 3.75. The smallest absolute Gasteiger partial charge is 0.421 e. The lowest BCUT2D eigenvalue weighted by molar-refractivity contribution is -0.137. The molecule has 0 saturated heterocycles. The number of ether oxygens (including phenoxy) is 1. The van der Waals surface area contributed by atoms with Crippen molar-refractivity contribution in [2.24, 2.45) is 0 Å². The van der Waals surface area contributed by atoms with Crippen molar-refractivity contribution in [1.82, 2.24) is 0 Å². The second-order valence-electron chi connectivity index (χ2n) is 7.42. The first-order valence-electron chi connectivity index (χ1n) is 10.4. The maximum absolute atomic E-state index is 13.8. The van der Waals surface area contributed by atoms with Gasteiger partial charge in [-0.3, -0.25) is 0 Å². The molecule has 3 aromatic carbocycles. The first-order valence-corrected chi connectivity index (χ1v) is 11.2. The minimum absolute atomic E-state index is 0.113. The summed E-state index contributed by atoms with van der Waals surface area (Å²) in [5.41, 5.74) is 3.75. The SMILES string of the molecule is CCCc1ccc(-c2ccc(-c3cc4ccc(OCC)c(C(F)(F)F)c4s3)cc2)cc1. The van der Waals surface area contributed by atoms with Crippen LogP contribution in [0.4, 0.5) is 13.2 Å². The summed E-state index contributed by atoms with van der Waals surface area (Å²) < 4.78 is 46.7. The van der Waals surface area contributed by atoms with Gasteiger partial charge in [0, 0.05) is 4.88 Å². The van der Waals surface area contributed by atoms with Crippen molar-refractivity contribution in [2.75, 3.05) is 6.61 Å². The minimum Gasteiger partial charge on any atom is -0.493 e. The van der Waals surface area contributed by atoms with Gasteiger partial charge in [0.15, 0.2) is 0 Å². The van der Waals surface area contributed by atoms with Gasteiger partial charge in [0.05, 0.1) is 11.3 Å². The molecular weight excluding hydrogens is 417 g/mol. The Labute approximate surface area is 184 Å². The highest BCUT2D eigenvalue weighted by Gasteiger charge is 2.37. The monoisotopic (exact) mass is 440 g/mol. The zero-order chi connectivity index (χ0) is 22.0. The number of fused-ring (bicyclic) bond motifs is 1. The lowest BCUT2D eigenvalue weighted by Crippen LogP contribution is -2.08. The molecule has 1 heterocycles. The van der Waals surface area contributed by atoms with Crippen molar-refractivity contribution in [1.29, 1.82) is 0 Å². The van der Waals surface area contributed by atoms with Crippen LogP contribution < -0.4 is 4.74 Å². The van der Waals surface area contributed by atoms with Crippen LogP contribution >= 0.6 is 11.3 Å². The molecule has 0 radical (unpaired) electrons. The Morgan fingerprint density at radius 1 is 0.806 bits per heavy atom. The second kappa shape index (κ2) is 8.75. The maximum Gasteiger partial charge on any atom is 0.421 e. The van der Waals surface area contributed by atoms with E-state index in [4.69, 9.17) is 4.74 Å². The number of halogens is 3. The molecule has 0 aliphatic rings. The molecule has 0 amide bonds. The minimum atomic E-state index is -4.47. The van der Waals surface area contributed by atoms with Crippen LogP contribution in [0, 0.1) is 0 Å². The largest absolute Gasteiger partial charge is 0.493 e. The predicted molar refractivity (Wildman–Crippen MR) is 123 cm³/mol. The molecule has 1 nitrogen and oxygen atoms in total. The summed E-state index contributed by atoms with van der Waals surface area (Å²) in [5.74, 6) is -0.113. The first-order chi connectivity index (χ1) is 14.9. The standard InChI is InChI=1S/C26H23F3OS/c1-3-5-17-6-8-18(9-7-17)19-10-12-20(13-11-19)23-16-21-14-15-22(30-4-2)24(25(21)31-23)26(27,28)29/h6-16H,3-5H2,1-2H3. The average Bonchev–Trinajstić information content (AvgIpc) is 3.18. The van der Waals surface area contributed by atoms with Crippen LogP contribution in [0.15, 0.2) is 66.7 Å². The summed E-state index contributed by atoms with van der Waals surface area (Å²) in [6.45, 7) is 4.03.